The van der Waals surface area contributed by atoms with Crippen molar-refractivity contribution in [1.29, 1.82) is 0 Å². The lowest BCUT2D eigenvalue weighted by Gasteiger charge is -2.25. The Bertz CT molecular complexity index is 1590. The van der Waals surface area contributed by atoms with Crippen LogP contribution >= 0.6 is 11.6 Å². The summed E-state index contributed by atoms with van der Waals surface area (Å²) in [5.74, 6) is 0.903. The van der Waals surface area contributed by atoms with Crippen molar-refractivity contribution < 1.29 is 4.39 Å². The number of benzene rings is 2. The molecule has 2 fully saturated rings. The summed E-state index contributed by atoms with van der Waals surface area (Å²) in [6, 6.07) is 14.1. The third-order valence-corrected chi connectivity index (χ3v) is 8.10. The number of anilines is 1. The van der Waals surface area contributed by atoms with E-state index in [0.29, 0.717) is 47.6 Å². The number of aryl methyl sites for hydroxylation is 2. The number of hydrogen-bond acceptors (Lipinski definition) is 5. The monoisotopic (exact) mass is 522 g/mol. The van der Waals surface area contributed by atoms with Gasteiger partial charge in [-0.2, -0.15) is 4.98 Å². The standard InChI is InChI=1S/C27H28ClFN6O2/c1-32-25(36)23-24(34(27(32)37)12-10-17-6-8-20(29)9-7-17)31-26(33-13-11-18-14-30-15-22(18)33)35(23)16-19-4-2-3-5-21(19)28/h2-9,18,22,30H,10-16H2,1H3. The first-order valence-electron chi connectivity index (χ1n) is 12.6. The zero-order valence-corrected chi connectivity index (χ0v) is 21.3. The van der Waals surface area contributed by atoms with Crippen LogP contribution in [0.3, 0.4) is 0 Å². The Morgan fingerprint density at radius 3 is 2.65 bits per heavy atom. The maximum Gasteiger partial charge on any atom is 0.332 e. The molecule has 2 unspecified atom stereocenters. The van der Waals surface area contributed by atoms with Crippen LogP contribution in [0, 0.1) is 11.7 Å². The van der Waals surface area contributed by atoms with Gasteiger partial charge in [0.25, 0.3) is 5.56 Å². The Labute approximate surface area is 217 Å². The van der Waals surface area contributed by atoms with Crippen molar-refractivity contribution in [1.82, 2.24) is 24.0 Å². The maximum atomic E-state index is 13.5. The molecular weight excluding hydrogens is 495 g/mol. The number of nitrogens with zero attached hydrogens (tertiary/aromatic N) is 5. The molecule has 0 aliphatic carbocycles. The summed E-state index contributed by atoms with van der Waals surface area (Å²) in [6.45, 7) is 3.33. The lowest BCUT2D eigenvalue weighted by Crippen LogP contribution is -2.39. The number of aromatic nitrogens is 4. The van der Waals surface area contributed by atoms with Gasteiger partial charge in [0.1, 0.15) is 5.82 Å². The van der Waals surface area contributed by atoms with Crippen molar-refractivity contribution in [2.75, 3.05) is 24.5 Å². The fourth-order valence-electron chi connectivity index (χ4n) is 5.70. The molecule has 37 heavy (non-hydrogen) atoms. The number of halogens is 2. The molecule has 192 valence electrons. The van der Waals surface area contributed by atoms with Crippen molar-refractivity contribution >= 4 is 28.7 Å². The van der Waals surface area contributed by atoms with E-state index < -0.39 is 5.69 Å². The molecule has 0 radical (unpaired) electrons. The summed E-state index contributed by atoms with van der Waals surface area (Å²) in [7, 11) is 1.50. The molecule has 6 rings (SSSR count). The number of fused-ring (bicyclic) bond motifs is 2. The van der Waals surface area contributed by atoms with Crippen LogP contribution in [0.2, 0.25) is 5.02 Å². The number of rotatable bonds is 6. The first-order chi connectivity index (χ1) is 17.9. The molecule has 2 aliphatic heterocycles. The summed E-state index contributed by atoms with van der Waals surface area (Å²) in [6.07, 6.45) is 1.54. The van der Waals surface area contributed by atoms with Crippen molar-refractivity contribution in [2.45, 2.75) is 32.0 Å². The molecule has 8 nitrogen and oxygen atoms in total. The molecule has 0 spiro atoms. The van der Waals surface area contributed by atoms with E-state index in [1.54, 1.807) is 16.7 Å². The van der Waals surface area contributed by atoms with Gasteiger partial charge in [-0.3, -0.25) is 18.5 Å². The molecule has 4 heterocycles. The van der Waals surface area contributed by atoms with E-state index in [2.05, 4.69) is 10.2 Å². The van der Waals surface area contributed by atoms with E-state index in [9.17, 15) is 14.0 Å². The molecule has 2 saturated heterocycles. The second kappa shape index (κ2) is 9.46. The molecule has 0 amide bonds. The summed E-state index contributed by atoms with van der Waals surface area (Å²) >= 11 is 6.53. The Morgan fingerprint density at radius 1 is 1.08 bits per heavy atom. The zero-order chi connectivity index (χ0) is 25.7. The van der Waals surface area contributed by atoms with Gasteiger partial charge in [0, 0.05) is 44.3 Å². The minimum Gasteiger partial charge on any atom is -0.338 e. The second-order valence-electron chi connectivity index (χ2n) is 9.90. The Kier molecular flexibility index (Phi) is 6.12. The summed E-state index contributed by atoms with van der Waals surface area (Å²) in [5.41, 5.74) is 1.71. The Morgan fingerprint density at radius 2 is 1.86 bits per heavy atom. The highest BCUT2D eigenvalue weighted by Gasteiger charge is 2.40. The highest BCUT2D eigenvalue weighted by Crippen LogP contribution is 2.33. The van der Waals surface area contributed by atoms with Crippen LogP contribution in [0.15, 0.2) is 58.1 Å². The van der Waals surface area contributed by atoms with E-state index in [1.165, 1.54) is 19.2 Å². The Hall–Kier alpha value is -3.43. The lowest BCUT2D eigenvalue weighted by atomic mass is 10.1. The van der Waals surface area contributed by atoms with Gasteiger partial charge >= 0.3 is 5.69 Å². The van der Waals surface area contributed by atoms with Gasteiger partial charge in [0.05, 0.1) is 6.54 Å². The largest absolute Gasteiger partial charge is 0.338 e. The van der Waals surface area contributed by atoms with Gasteiger partial charge in [0.15, 0.2) is 11.2 Å². The van der Waals surface area contributed by atoms with Crippen LogP contribution in [0.1, 0.15) is 17.5 Å². The average Bonchev–Trinajstić information content (AvgIpc) is 3.60. The third-order valence-electron chi connectivity index (χ3n) is 7.74. The number of hydrogen-bond donors (Lipinski definition) is 1. The third kappa shape index (κ3) is 4.16. The molecule has 2 aliphatic rings. The topological polar surface area (TPSA) is 77.1 Å². The van der Waals surface area contributed by atoms with E-state index in [1.807, 2.05) is 28.8 Å². The van der Waals surface area contributed by atoms with Crippen LogP contribution in [0.4, 0.5) is 10.3 Å². The predicted octanol–water partition coefficient (Wildman–Crippen LogP) is 2.78. The van der Waals surface area contributed by atoms with Gasteiger partial charge in [0.2, 0.25) is 5.95 Å². The molecule has 0 bridgehead atoms. The van der Waals surface area contributed by atoms with E-state index in [-0.39, 0.29) is 17.4 Å². The van der Waals surface area contributed by atoms with Crippen LogP contribution < -0.4 is 21.5 Å². The molecule has 4 aromatic rings. The molecule has 0 saturated carbocycles. The van der Waals surface area contributed by atoms with E-state index in [4.69, 9.17) is 16.6 Å². The fraction of sp³-hybridized carbons (Fsp3) is 0.370. The van der Waals surface area contributed by atoms with Gasteiger partial charge in [-0.25, -0.2) is 9.18 Å². The van der Waals surface area contributed by atoms with Gasteiger partial charge in [-0.05, 0) is 48.1 Å². The normalized spacial score (nSPS) is 19.2. The minimum atomic E-state index is -0.421. The summed E-state index contributed by atoms with van der Waals surface area (Å²) < 4.78 is 18.0. The smallest absolute Gasteiger partial charge is 0.332 e. The summed E-state index contributed by atoms with van der Waals surface area (Å²) in [5, 5.41) is 4.08. The van der Waals surface area contributed by atoms with Crippen molar-refractivity contribution in [3.8, 4) is 0 Å². The van der Waals surface area contributed by atoms with Crippen molar-refractivity contribution in [2.24, 2.45) is 13.0 Å². The molecule has 10 heteroatoms. The molecule has 2 atom stereocenters. The zero-order valence-electron chi connectivity index (χ0n) is 20.5. The highest BCUT2D eigenvalue weighted by atomic mass is 35.5. The van der Waals surface area contributed by atoms with Gasteiger partial charge < -0.3 is 10.2 Å². The van der Waals surface area contributed by atoms with Gasteiger partial charge in [-0.15, -0.1) is 0 Å². The fourth-order valence-corrected chi connectivity index (χ4v) is 5.90. The minimum absolute atomic E-state index is 0.282. The predicted molar refractivity (Wildman–Crippen MR) is 142 cm³/mol. The molecular formula is C27H28ClFN6O2. The van der Waals surface area contributed by atoms with Crippen molar-refractivity contribution in [3.05, 3.63) is 91.3 Å². The highest BCUT2D eigenvalue weighted by molar-refractivity contribution is 6.31. The first kappa shape index (κ1) is 23.9. The van der Waals surface area contributed by atoms with Crippen LogP contribution in [-0.2, 0) is 26.6 Å². The maximum absolute atomic E-state index is 13.5. The Balaban J connectivity index is 1.52. The molecule has 1 N–H and O–H groups in total. The quantitative estimate of drug-likeness (QED) is 0.421. The van der Waals surface area contributed by atoms with E-state index in [0.717, 1.165) is 41.7 Å². The average molecular weight is 523 g/mol. The van der Waals surface area contributed by atoms with Crippen LogP contribution in [0.25, 0.3) is 11.2 Å². The summed E-state index contributed by atoms with van der Waals surface area (Å²) in [4.78, 5) is 34.1. The number of imidazole rings is 1. The van der Waals surface area contributed by atoms with Gasteiger partial charge in [-0.1, -0.05) is 41.9 Å². The molecule has 2 aromatic heterocycles. The second-order valence-corrected chi connectivity index (χ2v) is 10.3. The number of nitrogens with one attached hydrogen (secondary N) is 1. The van der Waals surface area contributed by atoms with E-state index >= 15 is 0 Å². The van der Waals surface area contributed by atoms with Crippen LogP contribution in [0.5, 0.6) is 0 Å². The lowest BCUT2D eigenvalue weighted by molar-refractivity contribution is 0.573. The SMILES string of the molecule is Cn1c(=O)c2c(nc(N3CCC4CNCC43)n2Cc2ccccc2Cl)n(CCc2ccc(F)cc2)c1=O. The van der Waals surface area contributed by atoms with Crippen LogP contribution in [-0.4, -0.2) is 44.4 Å². The first-order valence-corrected chi connectivity index (χ1v) is 13.0. The van der Waals surface area contributed by atoms with Crippen molar-refractivity contribution in [3.63, 3.8) is 0 Å². The molecule has 2 aromatic carbocycles.